The zero-order valence-corrected chi connectivity index (χ0v) is 11.1. The maximum atomic E-state index is 11.5. The van der Waals surface area contributed by atoms with Crippen LogP contribution in [0.2, 0.25) is 0 Å². The molecular formula is C13H23NO4. The maximum absolute atomic E-state index is 11.5. The standard InChI is InChI=1S/C13H23NO4/c1-17-8-11-3-2-5-14(7-11)9-13(12(15)16)4-6-18-10-13/h11H,2-10H2,1H3,(H,15,16). The molecule has 2 rings (SSSR count). The van der Waals surface area contributed by atoms with Gasteiger partial charge in [-0.3, -0.25) is 4.79 Å². The Balaban J connectivity index is 1.93. The highest BCUT2D eigenvalue weighted by atomic mass is 16.5. The largest absolute Gasteiger partial charge is 0.481 e. The number of ether oxygens (including phenoxy) is 2. The number of nitrogens with zero attached hydrogens (tertiary/aromatic N) is 1. The number of likely N-dealkylation sites (tertiary alicyclic amines) is 1. The van der Waals surface area contributed by atoms with Gasteiger partial charge in [0.1, 0.15) is 5.41 Å². The number of piperidine rings is 1. The molecule has 0 radical (unpaired) electrons. The lowest BCUT2D eigenvalue weighted by atomic mass is 9.85. The van der Waals surface area contributed by atoms with Gasteiger partial charge >= 0.3 is 5.97 Å². The first kappa shape index (κ1) is 13.8. The van der Waals surface area contributed by atoms with Crippen molar-refractivity contribution in [2.24, 2.45) is 11.3 Å². The lowest BCUT2D eigenvalue weighted by molar-refractivity contribution is -0.150. The molecule has 2 heterocycles. The Labute approximate surface area is 108 Å². The second-order valence-electron chi connectivity index (χ2n) is 5.59. The fraction of sp³-hybridized carbons (Fsp3) is 0.923. The van der Waals surface area contributed by atoms with E-state index in [0.717, 1.165) is 26.1 Å². The van der Waals surface area contributed by atoms with Gasteiger partial charge in [0.2, 0.25) is 0 Å². The van der Waals surface area contributed by atoms with Crippen LogP contribution in [0.5, 0.6) is 0 Å². The highest BCUT2D eigenvalue weighted by Gasteiger charge is 2.44. The SMILES string of the molecule is COCC1CCCN(CC2(C(=O)O)CCOC2)C1. The summed E-state index contributed by atoms with van der Waals surface area (Å²) in [6.45, 7) is 4.25. The molecule has 0 bridgehead atoms. The second kappa shape index (κ2) is 5.99. The summed E-state index contributed by atoms with van der Waals surface area (Å²) < 4.78 is 10.5. The Kier molecular flexibility index (Phi) is 4.59. The van der Waals surface area contributed by atoms with Crippen LogP contribution in [0, 0.1) is 11.3 Å². The number of hydrogen-bond donors (Lipinski definition) is 1. The van der Waals surface area contributed by atoms with Crippen molar-refractivity contribution in [1.82, 2.24) is 4.90 Å². The van der Waals surface area contributed by atoms with Gasteiger partial charge in [-0.25, -0.2) is 0 Å². The molecule has 104 valence electrons. The summed E-state index contributed by atoms with van der Waals surface area (Å²) in [7, 11) is 1.72. The Morgan fingerprint density at radius 1 is 1.61 bits per heavy atom. The van der Waals surface area contributed by atoms with Crippen LogP contribution in [0.1, 0.15) is 19.3 Å². The molecule has 5 nitrogen and oxygen atoms in total. The van der Waals surface area contributed by atoms with Crippen LogP contribution < -0.4 is 0 Å². The molecule has 18 heavy (non-hydrogen) atoms. The predicted octanol–water partition coefficient (Wildman–Crippen LogP) is 0.836. The van der Waals surface area contributed by atoms with Gasteiger partial charge in [-0.15, -0.1) is 0 Å². The first-order chi connectivity index (χ1) is 8.66. The van der Waals surface area contributed by atoms with Crippen LogP contribution in [0.3, 0.4) is 0 Å². The predicted molar refractivity (Wildman–Crippen MR) is 66.5 cm³/mol. The highest BCUT2D eigenvalue weighted by molar-refractivity contribution is 5.75. The summed E-state index contributed by atoms with van der Waals surface area (Å²) in [6.07, 6.45) is 2.94. The first-order valence-electron chi connectivity index (χ1n) is 6.69. The number of hydrogen-bond acceptors (Lipinski definition) is 4. The molecule has 2 unspecified atom stereocenters. The Morgan fingerprint density at radius 2 is 2.44 bits per heavy atom. The fourth-order valence-electron chi connectivity index (χ4n) is 3.06. The van der Waals surface area contributed by atoms with Crippen molar-refractivity contribution in [3.05, 3.63) is 0 Å². The summed E-state index contributed by atoms with van der Waals surface area (Å²) >= 11 is 0. The number of aliphatic carboxylic acids is 1. The van der Waals surface area contributed by atoms with Crippen LogP contribution in [0.15, 0.2) is 0 Å². The van der Waals surface area contributed by atoms with E-state index in [9.17, 15) is 9.90 Å². The van der Waals surface area contributed by atoms with Crippen LogP contribution in [-0.4, -0.2) is 62.5 Å². The maximum Gasteiger partial charge on any atom is 0.313 e. The van der Waals surface area contributed by atoms with Gasteiger partial charge in [-0.05, 0) is 31.7 Å². The normalized spacial score (nSPS) is 33.7. The third-order valence-electron chi connectivity index (χ3n) is 4.09. The van der Waals surface area contributed by atoms with Crippen LogP contribution in [0.4, 0.5) is 0 Å². The quantitative estimate of drug-likeness (QED) is 0.790. The molecular weight excluding hydrogens is 234 g/mol. The molecule has 0 aromatic heterocycles. The van der Waals surface area contributed by atoms with Crippen molar-refractivity contribution >= 4 is 5.97 Å². The average Bonchev–Trinajstić information content (AvgIpc) is 2.80. The lowest BCUT2D eigenvalue weighted by Gasteiger charge is -2.36. The first-order valence-corrected chi connectivity index (χ1v) is 6.69. The lowest BCUT2D eigenvalue weighted by Crippen LogP contribution is -2.47. The van der Waals surface area contributed by atoms with E-state index >= 15 is 0 Å². The number of carbonyl (C=O) groups is 1. The topological polar surface area (TPSA) is 59.0 Å². The minimum Gasteiger partial charge on any atom is -0.481 e. The summed E-state index contributed by atoms with van der Waals surface area (Å²) in [5.74, 6) is -0.175. The minimum atomic E-state index is -0.714. The monoisotopic (exact) mass is 257 g/mol. The third-order valence-corrected chi connectivity index (χ3v) is 4.09. The molecule has 2 aliphatic rings. The van der Waals surface area contributed by atoms with Crippen LogP contribution in [0.25, 0.3) is 0 Å². The molecule has 0 aliphatic carbocycles. The van der Waals surface area contributed by atoms with Gasteiger partial charge < -0.3 is 19.5 Å². The summed E-state index contributed by atoms with van der Waals surface area (Å²) in [6, 6.07) is 0. The van der Waals surface area contributed by atoms with E-state index in [1.54, 1.807) is 7.11 Å². The van der Waals surface area contributed by atoms with Gasteiger partial charge in [-0.1, -0.05) is 0 Å². The van der Waals surface area contributed by atoms with Crippen molar-refractivity contribution in [3.63, 3.8) is 0 Å². The van der Waals surface area contributed by atoms with E-state index in [2.05, 4.69) is 4.90 Å². The van der Waals surface area contributed by atoms with Crippen LogP contribution >= 0.6 is 0 Å². The van der Waals surface area contributed by atoms with Gasteiger partial charge in [0.25, 0.3) is 0 Å². The van der Waals surface area contributed by atoms with Crippen molar-refractivity contribution in [2.75, 3.05) is 46.6 Å². The zero-order chi connectivity index (χ0) is 13.0. The van der Waals surface area contributed by atoms with E-state index in [4.69, 9.17) is 9.47 Å². The van der Waals surface area contributed by atoms with Crippen molar-refractivity contribution in [2.45, 2.75) is 19.3 Å². The fourth-order valence-corrected chi connectivity index (χ4v) is 3.06. The zero-order valence-electron chi connectivity index (χ0n) is 11.1. The van der Waals surface area contributed by atoms with Crippen LogP contribution in [-0.2, 0) is 14.3 Å². The third kappa shape index (κ3) is 3.02. The van der Waals surface area contributed by atoms with Crippen molar-refractivity contribution < 1.29 is 19.4 Å². The summed E-state index contributed by atoms with van der Waals surface area (Å²) in [5, 5.41) is 9.43. The molecule has 0 aromatic carbocycles. The molecule has 1 N–H and O–H groups in total. The van der Waals surface area contributed by atoms with E-state index in [0.29, 0.717) is 32.1 Å². The van der Waals surface area contributed by atoms with E-state index in [-0.39, 0.29) is 0 Å². The van der Waals surface area contributed by atoms with E-state index in [1.165, 1.54) is 6.42 Å². The Morgan fingerprint density at radius 3 is 3.06 bits per heavy atom. The summed E-state index contributed by atoms with van der Waals surface area (Å²) in [4.78, 5) is 13.7. The smallest absolute Gasteiger partial charge is 0.313 e. The number of methoxy groups -OCH3 is 1. The molecule has 2 atom stereocenters. The number of carboxylic acids is 1. The van der Waals surface area contributed by atoms with Gasteiger partial charge in [-0.2, -0.15) is 0 Å². The molecule has 0 spiro atoms. The van der Waals surface area contributed by atoms with Crippen molar-refractivity contribution in [3.8, 4) is 0 Å². The average molecular weight is 257 g/mol. The number of carboxylic acid groups (broad SMARTS) is 1. The van der Waals surface area contributed by atoms with Gasteiger partial charge in [0.05, 0.1) is 13.2 Å². The van der Waals surface area contributed by atoms with E-state index in [1.807, 2.05) is 0 Å². The molecule has 2 aliphatic heterocycles. The minimum absolute atomic E-state index is 0.355. The molecule has 0 saturated carbocycles. The van der Waals surface area contributed by atoms with E-state index < -0.39 is 11.4 Å². The second-order valence-corrected chi connectivity index (χ2v) is 5.59. The number of rotatable bonds is 5. The van der Waals surface area contributed by atoms with Gasteiger partial charge in [0.15, 0.2) is 0 Å². The molecule has 0 amide bonds. The van der Waals surface area contributed by atoms with Crippen molar-refractivity contribution in [1.29, 1.82) is 0 Å². The molecule has 2 fully saturated rings. The molecule has 2 saturated heterocycles. The molecule has 5 heteroatoms. The Hall–Kier alpha value is -0.650. The van der Waals surface area contributed by atoms with Gasteiger partial charge in [0, 0.05) is 26.8 Å². The molecule has 0 aromatic rings. The highest BCUT2D eigenvalue weighted by Crippen LogP contribution is 2.31. The summed E-state index contributed by atoms with van der Waals surface area (Å²) in [5.41, 5.74) is -0.686. The Bertz CT molecular complexity index is 287.